The zero-order valence-corrected chi connectivity index (χ0v) is 19.5. The van der Waals surface area contributed by atoms with Gasteiger partial charge in [-0.3, -0.25) is 9.88 Å². The Hall–Kier alpha value is -2.48. The van der Waals surface area contributed by atoms with Gasteiger partial charge in [-0.1, -0.05) is 35.9 Å². The van der Waals surface area contributed by atoms with Crippen LogP contribution in [0.2, 0.25) is 5.02 Å². The lowest BCUT2D eigenvalue weighted by Crippen LogP contribution is -2.44. The Kier molecular flexibility index (Phi) is 7.55. The standard InChI is InChI=1S/C26H26ClF4N3/c1-17(18-4-6-20(7-5-18)26(29,30)31)34-13-10-22(11-14-34)33-25(19-3-2-12-32-16-19)23-9-8-21(27)15-24(23)28/h2-9,12,15-17,22,25,33H,10-11,13-14H2,1H3. The number of piperidine rings is 1. The first-order valence-electron chi connectivity index (χ1n) is 11.2. The molecule has 2 unspecified atom stereocenters. The fraction of sp³-hybridized carbons (Fsp3) is 0.346. The maximum absolute atomic E-state index is 14.8. The molecule has 0 radical (unpaired) electrons. The van der Waals surface area contributed by atoms with E-state index in [1.54, 1.807) is 36.7 Å². The van der Waals surface area contributed by atoms with Crippen LogP contribution in [0.1, 0.15) is 54.1 Å². The molecule has 2 heterocycles. The molecule has 0 saturated carbocycles. The second-order valence-electron chi connectivity index (χ2n) is 8.66. The molecule has 1 N–H and O–H groups in total. The summed E-state index contributed by atoms with van der Waals surface area (Å²) in [7, 11) is 0. The first kappa shape index (κ1) is 24.6. The maximum Gasteiger partial charge on any atom is 0.416 e. The van der Waals surface area contributed by atoms with Gasteiger partial charge in [-0.2, -0.15) is 13.2 Å². The van der Waals surface area contributed by atoms with Crippen LogP contribution in [0.3, 0.4) is 0 Å². The van der Waals surface area contributed by atoms with Gasteiger partial charge in [-0.25, -0.2) is 4.39 Å². The average molecular weight is 492 g/mol. The summed E-state index contributed by atoms with van der Waals surface area (Å²) in [6.45, 7) is 3.57. The van der Waals surface area contributed by atoms with Crippen molar-refractivity contribution in [2.75, 3.05) is 13.1 Å². The minimum Gasteiger partial charge on any atom is -0.303 e. The van der Waals surface area contributed by atoms with Crippen molar-refractivity contribution in [3.05, 3.63) is 100 Å². The molecule has 1 fully saturated rings. The number of hydrogen-bond acceptors (Lipinski definition) is 3. The molecule has 0 amide bonds. The number of aromatic nitrogens is 1. The molecule has 0 bridgehead atoms. The summed E-state index contributed by atoms with van der Waals surface area (Å²) in [6.07, 6.45) is 0.738. The molecule has 8 heteroatoms. The summed E-state index contributed by atoms with van der Waals surface area (Å²) in [5.41, 5.74) is 1.60. The van der Waals surface area contributed by atoms with Gasteiger partial charge in [0, 0.05) is 48.2 Å². The predicted molar refractivity (Wildman–Crippen MR) is 125 cm³/mol. The molecular weight excluding hydrogens is 466 g/mol. The van der Waals surface area contributed by atoms with E-state index >= 15 is 0 Å². The third-order valence-corrected chi connectivity index (χ3v) is 6.73. The lowest BCUT2D eigenvalue weighted by molar-refractivity contribution is -0.137. The van der Waals surface area contributed by atoms with Gasteiger partial charge in [-0.05, 0) is 61.2 Å². The van der Waals surface area contributed by atoms with Gasteiger partial charge in [0.15, 0.2) is 0 Å². The van der Waals surface area contributed by atoms with Gasteiger partial charge in [0.1, 0.15) is 5.82 Å². The van der Waals surface area contributed by atoms with Crippen LogP contribution in [0, 0.1) is 5.82 Å². The van der Waals surface area contributed by atoms with Crippen LogP contribution >= 0.6 is 11.6 Å². The highest BCUT2D eigenvalue weighted by Gasteiger charge is 2.31. The van der Waals surface area contributed by atoms with E-state index in [9.17, 15) is 17.6 Å². The molecule has 1 aliphatic heterocycles. The van der Waals surface area contributed by atoms with Crippen LogP contribution in [0.15, 0.2) is 67.0 Å². The number of halogens is 5. The molecule has 34 heavy (non-hydrogen) atoms. The van der Waals surface area contributed by atoms with Crippen molar-refractivity contribution in [2.24, 2.45) is 0 Å². The monoisotopic (exact) mass is 491 g/mol. The predicted octanol–water partition coefficient (Wildman–Crippen LogP) is 6.80. The zero-order valence-electron chi connectivity index (χ0n) is 18.7. The Balaban J connectivity index is 1.43. The summed E-state index contributed by atoms with van der Waals surface area (Å²) in [5.74, 6) is -0.373. The fourth-order valence-corrected chi connectivity index (χ4v) is 4.66. The molecule has 0 spiro atoms. The zero-order chi connectivity index (χ0) is 24.3. The van der Waals surface area contributed by atoms with Crippen LogP contribution < -0.4 is 5.32 Å². The first-order valence-corrected chi connectivity index (χ1v) is 11.6. The normalized spacial score (nSPS) is 17.5. The highest BCUT2D eigenvalue weighted by molar-refractivity contribution is 6.30. The topological polar surface area (TPSA) is 28.2 Å². The van der Waals surface area contributed by atoms with Crippen LogP contribution in [-0.2, 0) is 6.18 Å². The van der Waals surface area contributed by atoms with Crippen molar-refractivity contribution in [3.63, 3.8) is 0 Å². The van der Waals surface area contributed by atoms with Gasteiger partial charge in [0.25, 0.3) is 0 Å². The van der Waals surface area contributed by atoms with Gasteiger partial charge < -0.3 is 5.32 Å². The summed E-state index contributed by atoms with van der Waals surface area (Å²) in [4.78, 5) is 6.46. The van der Waals surface area contributed by atoms with E-state index in [0.717, 1.165) is 49.2 Å². The van der Waals surface area contributed by atoms with E-state index in [0.29, 0.717) is 10.6 Å². The van der Waals surface area contributed by atoms with Gasteiger partial charge in [-0.15, -0.1) is 0 Å². The molecule has 2 atom stereocenters. The molecule has 1 aromatic heterocycles. The third kappa shape index (κ3) is 5.77. The van der Waals surface area contributed by atoms with E-state index in [2.05, 4.69) is 15.2 Å². The Bertz CT molecular complexity index is 1080. The van der Waals surface area contributed by atoms with E-state index in [1.165, 1.54) is 6.07 Å². The Morgan fingerprint density at radius 3 is 2.32 bits per heavy atom. The number of hydrogen-bond donors (Lipinski definition) is 1. The van der Waals surface area contributed by atoms with E-state index < -0.39 is 11.7 Å². The van der Waals surface area contributed by atoms with Gasteiger partial charge in [0.2, 0.25) is 0 Å². The number of nitrogens with zero attached hydrogens (tertiary/aromatic N) is 2. The molecule has 1 aliphatic rings. The maximum atomic E-state index is 14.8. The first-order chi connectivity index (χ1) is 16.2. The highest BCUT2D eigenvalue weighted by atomic mass is 35.5. The summed E-state index contributed by atoms with van der Waals surface area (Å²) >= 11 is 5.95. The smallest absolute Gasteiger partial charge is 0.303 e. The Morgan fingerprint density at radius 1 is 1.03 bits per heavy atom. The van der Waals surface area contributed by atoms with E-state index in [1.807, 2.05) is 19.1 Å². The molecule has 0 aliphatic carbocycles. The summed E-state index contributed by atoms with van der Waals surface area (Å²) in [6, 6.07) is 13.6. The van der Waals surface area contributed by atoms with Gasteiger partial charge in [0.05, 0.1) is 11.6 Å². The fourth-order valence-electron chi connectivity index (χ4n) is 4.50. The van der Waals surface area contributed by atoms with Crippen molar-refractivity contribution in [1.29, 1.82) is 0 Å². The Labute approximate surface area is 201 Å². The Morgan fingerprint density at radius 2 is 1.74 bits per heavy atom. The lowest BCUT2D eigenvalue weighted by atomic mass is 9.95. The number of rotatable bonds is 6. The minimum absolute atomic E-state index is 0.00561. The second kappa shape index (κ2) is 10.4. The van der Waals surface area contributed by atoms with Gasteiger partial charge >= 0.3 is 6.18 Å². The molecule has 2 aromatic carbocycles. The quantitative estimate of drug-likeness (QED) is 0.384. The van der Waals surface area contributed by atoms with Crippen LogP contribution in [0.25, 0.3) is 0 Å². The van der Waals surface area contributed by atoms with Crippen LogP contribution in [-0.4, -0.2) is 29.0 Å². The number of alkyl halides is 3. The number of benzene rings is 2. The van der Waals surface area contributed by atoms with E-state index in [4.69, 9.17) is 11.6 Å². The van der Waals surface area contributed by atoms with Crippen LogP contribution in [0.4, 0.5) is 17.6 Å². The van der Waals surface area contributed by atoms with Crippen LogP contribution in [0.5, 0.6) is 0 Å². The van der Waals surface area contributed by atoms with Crippen molar-refractivity contribution in [2.45, 2.75) is 44.1 Å². The summed E-state index contributed by atoms with van der Waals surface area (Å²) < 4.78 is 53.4. The molecule has 4 rings (SSSR count). The second-order valence-corrected chi connectivity index (χ2v) is 9.09. The van der Waals surface area contributed by atoms with Crippen molar-refractivity contribution in [3.8, 4) is 0 Å². The highest BCUT2D eigenvalue weighted by Crippen LogP contribution is 2.32. The molecule has 3 nitrogen and oxygen atoms in total. The lowest BCUT2D eigenvalue weighted by Gasteiger charge is -2.38. The number of pyridine rings is 1. The molecule has 180 valence electrons. The van der Waals surface area contributed by atoms with E-state index in [-0.39, 0.29) is 23.9 Å². The molecule has 1 saturated heterocycles. The number of nitrogens with one attached hydrogen (secondary N) is 1. The van der Waals surface area contributed by atoms with Crippen molar-refractivity contribution < 1.29 is 17.6 Å². The molecular formula is C26H26ClF4N3. The third-order valence-electron chi connectivity index (χ3n) is 6.49. The largest absolute Gasteiger partial charge is 0.416 e. The number of likely N-dealkylation sites (tertiary alicyclic amines) is 1. The average Bonchev–Trinajstić information content (AvgIpc) is 2.83. The van der Waals surface area contributed by atoms with Crippen molar-refractivity contribution in [1.82, 2.24) is 15.2 Å². The molecule has 3 aromatic rings. The summed E-state index contributed by atoms with van der Waals surface area (Å²) in [5, 5.41) is 3.94. The SMILES string of the molecule is CC(c1ccc(C(F)(F)F)cc1)N1CCC(NC(c2cccnc2)c2ccc(Cl)cc2F)CC1. The minimum atomic E-state index is -4.33. The van der Waals surface area contributed by atoms with Crippen molar-refractivity contribution >= 4 is 11.6 Å².